The Morgan fingerprint density at radius 3 is 2.32 bits per heavy atom. The molecule has 2 rings (SSSR count). The van der Waals surface area contributed by atoms with E-state index in [-0.39, 0.29) is 19.0 Å². The van der Waals surface area contributed by atoms with Gasteiger partial charge in [0.2, 0.25) is 0 Å². The van der Waals surface area contributed by atoms with Crippen molar-refractivity contribution in [2.24, 2.45) is 0 Å². The van der Waals surface area contributed by atoms with E-state index in [2.05, 4.69) is 0 Å². The molecule has 1 aliphatic rings. The Morgan fingerprint density at radius 2 is 1.79 bits per heavy atom. The van der Waals surface area contributed by atoms with Gasteiger partial charge in [0.15, 0.2) is 12.1 Å². The van der Waals surface area contributed by atoms with Crippen molar-refractivity contribution >= 4 is 5.78 Å². The van der Waals surface area contributed by atoms with Gasteiger partial charge in [-0.2, -0.15) is 0 Å². The monoisotopic (exact) mass is 268 g/mol. The fourth-order valence-corrected chi connectivity index (χ4v) is 1.78. The number of ether oxygens (including phenoxy) is 3. The van der Waals surface area contributed by atoms with E-state index in [1.807, 2.05) is 0 Å². The lowest BCUT2D eigenvalue weighted by molar-refractivity contribution is -0.233. The van der Waals surface area contributed by atoms with Crippen LogP contribution in [0.2, 0.25) is 0 Å². The molecule has 2 atom stereocenters. The maximum atomic E-state index is 10.9. The van der Waals surface area contributed by atoms with Gasteiger partial charge in [-0.15, -0.1) is 0 Å². The first-order chi connectivity index (χ1) is 9.11. The van der Waals surface area contributed by atoms with Gasteiger partial charge in [-0.1, -0.05) is 12.1 Å². The van der Waals surface area contributed by atoms with Crippen molar-refractivity contribution in [2.45, 2.75) is 18.5 Å². The van der Waals surface area contributed by atoms with Crippen molar-refractivity contribution < 1.29 is 29.2 Å². The van der Waals surface area contributed by atoms with Crippen LogP contribution in [0.25, 0.3) is 0 Å². The molecular formula is C13H16O6. The number of ketones is 1. The number of benzene rings is 1. The summed E-state index contributed by atoms with van der Waals surface area (Å²) < 4.78 is 15.1. The molecule has 19 heavy (non-hydrogen) atoms. The van der Waals surface area contributed by atoms with Crippen LogP contribution in [0.15, 0.2) is 24.3 Å². The Morgan fingerprint density at radius 1 is 1.21 bits per heavy atom. The van der Waals surface area contributed by atoms with Gasteiger partial charge in [0.1, 0.15) is 31.2 Å². The Bertz CT molecular complexity index is 419. The van der Waals surface area contributed by atoms with Crippen molar-refractivity contribution in [2.75, 3.05) is 20.3 Å². The van der Waals surface area contributed by atoms with Crippen LogP contribution in [0.3, 0.4) is 0 Å². The van der Waals surface area contributed by atoms with Crippen LogP contribution in [0.4, 0.5) is 0 Å². The molecule has 0 spiro atoms. The van der Waals surface area contributed by atoms with Crippen LogP contribution in [0, 0.1) is 0 Å². The summed E-state index contributed by atoms with van der Waals surface area (Å²) >= 11 is 0. The minimum Gasteiger partial charge on any atom is -0.497 e. The largest absolute Gasteiger partial charge is 0.497 e. The average molecular weight is 268 g/mol. The predicted molar refractivity (Wildman–Crippen MR) is 64.7 cm³/mol. The zero-order chi connectivity index (χ0) is 13.8. The molecule has 1 aliphatic heterocycles. The first-order valence-corrected chi connectivity index (χ1v) is 5.87. The zero-order valence-electron chi connectivity index (χ0n) is 10.5. The molecule has 1 heterocycles. The standard InChI is InChI=1S/C13H16O6/c1-17-10-4-2-8(3-5-10)11(15)12(16)13-18-6-9(14)7-19-13/h2-5,11-13,15-16H,6-7H2,1H3/t11-,12-/m1/s1. The highest BCUT2D eigenvalue weighted by Crippen LogP contribution is 2.24. The van der Waals surface area contributed by atoms with Gasteiger partial charge >= 0.3 is 0 Å². The highest BCUT2D eigenvalue weighted by Gasteiger charge is 2.32. The highest BCUT2D eigenvalue weighted by atomic mass is 16.7. The molecular weight excluding hydrogens is 252 g/mol. The van der Waals surface area contributed by atoms with Gasteiger partial charge in [0.25, 0.3) is 0 Å². The summed E-state index contributed by atoms with van der Waals surface area (Å²) in [6, 6.07) is 6.64. The lowest BCUT2D eigenvalue weighted by Gasteiger charge is -2.29. The van der Waals surface area contributed by atoms with Crippen LogP contribution >= 0.6 is 0 Å². The van der Waals surface area contributed by atoms with Crippen LogP contribution in [-0.2, 0) is 14.3 Å². The SMILES string of the molecule is COc1ccc([C@@H](O)[C@@H](O)C2OCC(=O)CO2)cc1. The lowest BCUT2D eigenvalue weighted by Crippen LogP contribution is -2.42. The predicted octanol–water partition coefficient (Wildman–Crippen LogP) is 0.0315. The third-order valence-corrected chi connectivity index (χ3v) is 2.88. The van der Waals surface area contributed by atoms with E-state index in [1.165, 1.54) is 0 Å². The van der Waals surface area contributed by atoms with Crippen LogP contribution < -0.4 is 4.74 Å². The minimum atomic E-state index is -1.26. The maximum Gasteiger partial charge on any atom is 0.187 e. The van der Waals surface area contributed by atoms with Crippen molar-refractivity contribution in [1.82, 2.24) is 0 Å². The molecule has 104 valence electrons. The second-order valence-corrected chi connectivity index (χ2v) is 4.24. The molecule has 0 aliphatic carbocycles. The second-order valence-electron chi connectivity index (χ2n) is 4.24. The Kier molecular flexibility index (Phi) is 4.49. The molecule has 2 N–H and O–H groups in total. The lowest BCUT2D eigenvalue weighted by atomic mass is 10.0. The van der Waals surface area contributed by atoms with E-state index in [1.54, 1.807) is 31.4 Å². The Hall–Kier alpha value is -1.47. The van der Waals surface area contributed by atoms with E-state index >= 15 is 0 Å². The number of hydrogen-bond acceptors (Lipinski definition) is 6. The quantitative estimate of drug-likeness (QED) is 0.801. The number of hydrogen-bond donors (Lipinski definition) is 2. The summed E-state index contributed by atoms with van der Waals surface area (Å²) in [6.45, 7) is -0.228. The molecule has 0 aromatic heterocycles. The van der Waals surface area contributed by atoms with Gasteiger partial charge < -0.3 is 24.4 Å². The molecule has 0 radical (unpaired) electrons. The minimum absolute atomic E-state index is 0.114. The Balaban J connectivity index is 2.01. The normalized spacial score (nSPS) is 20.1. The molecule has 0 bridgehead atoms. The Labute approximate surface area is 110 Å². The molecule has 1 fully saturated rings. The fraction of sp³-hybridized carbons (Fsp3) is 0.462. The van der Waals surface area contributed by atoms with E-state index in [0.29, 0.717) is 11.3 Å². The van der Waals surface area contributed by atoms with Crippen LogP contribution in [0.5, 0.6) is 5.75 Å². The number of aliphatic hydroxyl groups is 2. The van der Waals surface area contributed by atoms with Crippen LogP contribution in [-0.4, -0.2) is 48.7 Å². The third kappa shape index (κ3) is 3.30. The number of carbonyl (C=O) groups is 1. The van der Waals surface area contributed by atoms with E-state index in [4.69, 9.17) is 14.2 Å². The van der Waals surface area contributed by atoms with Gasteiger partial charge in [-0.25, -0.2) is 0 Å². The smallest absolute Gasteiger partial charge is 0.187 e. The number of rotatable bonds is 4. The highest BCUT2D eigenvalue weighted by molar-refractivity contribution is 5.81. The summed E-state index contributed by atoms with van der Waals surface area (Å²) in [6.07, 6.45) is -3.43. The molecule has 0 amide bonds. The van der Waals surface area contributed by atoms with Gasteiger partial charge in [0.05, 0.1) is 7.11 Å². The molecule has 1 aromatic rings. The molecule has 6 nitrogen and oxygen atoms in total. The summed E-state index contributed by atoms with van der Waals surface area (Å²) in [5.41, 5.74) is 0.511. The summed E-state index contributed by atoms with van der Waals surface area (Å²) in [4.78, 5) is 10.9. The summed E-state index contributed by atoms with van der Waals surface area (Å²) in [5.74, 6) is 0.462. The van der Waals surface area contributed by atoms with Gasteiger partial charge in [-0.3, -0.25) is 4.79 Å². The maximum absolute atomic E-state index is 10.9. The van der Waals surface area contributed by atoms with Gasteiger partial charge in [-0.05, 0) is 17.7 Å². The number of aliphatic hydroxyl groups excluding tert-OH is 2. The topological polar surface area (TPSA) is 85.2 Å². The van der Waals surface area contributed by atoms with E-state index in [9.17, 15) is 15.0 Å². The molecule has 1 aromatic carbocycles. The fourth-order valence-electron chi connectivity index (χ4n) is 1.78. The summed E-state index contributed by atoms with van der Waals surface area (Å²) in [5, 5.41) is 20.0. The van der Waals surface area contributed by atoms with Crippen molar-refractivity contribution in [1.29, 1.82) is 0 Å². The molecule has 6 heteroatoms. The van der Waals surface area contributed by atoms with Crippen LogP contribution in [0.1, 0.15) is 11.7 Å². The average Bonchev–Trinajstić information content (AvgIpc) is 2.46. The van der Waals surface area contributed by atoms with E-state index in [0.717, 1.165) is 0 Å². The first kappa shape index (κ1) is 14.0. The molecule has 0 saturated carbocycles. The van der Waals surface area contributed by atoms with Crippen molar-refractivity contribution in [3.05, 3.63) is 29.8 Å². The number of carbonyl (C=O) groups excluding carboxylic acids is 1. The van der Waals surface area contributed by atoms with Crippen molar-refractivity contribution in [3.8, 4) is 5.75 Å². The second kappa shape index (κ2) is 6.12. The number of methoxy groups -OCH3 is 1. The molecule has 0 unspecified atom stereocenters. The molecule has 1 saturated heterocycles. The summed E-state index contributed by atoms with van der Waals surface area (Å²) in [7, 11) is 1.54. The van der Waals surface area contributed by atoms with Gasteiger partial charge in [0, 0.05) is 0 Å². The number of Topliss-reactive ketones (excluding diaryl/α,β-unsaturated/α-hetero) is 1. The first-order valence-electron chi connectivity index (χ1n) is 5.87. The van der Waals surface area contributed by atoms with Crippen molar-refractivity contribution in [3.63, 3.8) is 0 Å². The third-order valence-electron chi connectivity index (χ3n) is 2.88. The zero-order valence-corrected chi connectivity index (χ0v) is 10.5. The van der Waals surface area contributed by atoms with E-state index < -0.39 is 18.5 Å².